The van der Waals surface area contributed by atoms with Crippen LogP contribution in [0.25, 0.3) is 16.3 Å². The largest absolute Gasteiger partial charge is 0.330 e. The first-order chi connectivity index (χ1) is 14.0. The van der Waals surface area contributed by atoms with Crippen molar-refractivity contribution < 1.29 is 13.2 Å². The molecule has 1 aliphatic rings. The molecule has 7 nitrogen and oxygen atoms in total. The predicted molar refractivity (Wildman–Crippen MR) is 113 cm³/mol. The Morgan fingerprint density at radius 1 is 1.34 bits per heavy atom. The zero-order chi connectivity index (χ0) is 20.4. The summed E-state index contributed by atoms with van der Waals surface area (Å²) in [6.07, 6.45) is 5.64. The molecular weight excluding hydrogens is 408 g/mol. The van der Waals surface area contributed by atoms with Gasteiger partial charge in [-0.3, -0.25) is 4.79 Å². The topological polar surface area (TPSA) is 85.2 Å². The quantitative estimate of drug-likeness (QED) is 0.564. The van der Waals surface area contributed by atoms with Gasteiger partial charge in [-0.1, -0.05) is 24.3 Å². The van der Waals surface area contributed by atoms with Crippen molar-refractivity contribution in [3.8, 4) is 16.3 Å². The number of nitrogens with zero attached hydrogens (tertiary/aromatic N) is 4. The second kappa shape index (κ2) is 7.92. The molecule has 4 rings (SSSR count). The molecule has 0 bridgehead atoms. The van der Waals surface area contributed by atoms with Gasteiger partial charge < -0.3 is 4.90 Å². The van der Waals surface area contributed by atoms with Gasteiger partial charge in [0.25, 0.3) is 5.91 Å². The van der Waals surface area contributed by atoms with Crippen LogP contribution in [0.1, 0.15) is 16.9 Å². The number of sulfone groups is 1. The number of aromatic nitrogens is 3. The van der Waals surface area contributed by atoms with Gasteiger partial charge in [-0.05, 0) is 18.6 Å². The average molecular weight is 429 g/mol. The summed E-state index contributed by atoms with van der Waals surface area (Å²) in [5.41, 5.74) is 2.06. The van der Waals surface area contributed by atoms with Crippen LogP contribution in [0.3, 0.4) is 0 Å². The summed E-state index contributed by atoms with van der Waals surface area (Å²) in [6, 6.07) is 9.39. The molecule has 1 fully saturated rings. The molecule has 9 heteroatoms. The van der Waals surface area contributed by atoms with Gasteiger partial charge in [0.2, 0.25) is 0 Å². The number of carbonyl (C=O) groups is 1. The number of rotatable bonds is 6. The summed E-state index contributed by atoms with van der Waals surface area (Å²) in [4.78, 5) is 19.1. The summed E-state index contributed by atoms with van der Waals surface area (Å²) in [5.74, 6) is -0.169. The van der Waals surface area contributed by atoms with Crippen LogP contribution in [0.4, 0.5) is 0 Å². The van der Waals surface area contributed by atoms with Crippen LogP contribution in [-0.2, 0) is 9.84 Å². The van der Waals surface area contributed by atoms with Gasteiger partial charge in [-0.15, -0.1) is 17.9 Å². The van der Waals surface area contributed by atoms with E-state index in [4.69, 9.17) is 0 Å². The summed E-state index contributed by atoms with van der Waals surface area (Å²) in [5, 5.41) is 6.76. The summed E-state index contributed by atoms with van der Waals surface area (Å²) < 4.78 is 25.4. The maximum absolute atomic E-state index is 13.0. The van der Waals surface area contributed by atoms with Gasteiger partial charge in [0.1, 0.15) is 10.7 Å². The molecule has 1 saturated heterocycles. The van der Waals surface area contributed by atoms with Gasteiger partial charge in [-0.2, -0.15) is 5.10 Å². The van der Waals surface area contributed by atoms with Crippen LogP contribution in [0.2, 0.25) is 0 Å². The number of hydrogen-bond acceptors (Lipinski definition) is 6. The lowest BCUT2D eigenvalue weighted by molar-refractivity contribution is 0.0715. The summed E-state index contributed by atoms with van der Waals surface area (Å²) >= 11 is 1.36. The second-order valence-corrected chi connectivity index (χ2v) is 9.94. The van der Waals surface area contributed by atoms with E-state index in [1.54, 1.807) is 27.2 Å². The molecule has 0 spiro atoms. The van der Waals surface area contributed by atoms with Crippen LogP contribution in [0.15, 0.2) is 60.8 Å². The van der Waals surface area contributed by atoms with Crippen molar-refractivity contribution in [3.63, 3.8) is 0 Å². The van der Waals surface area contributed by atoms with Gasteiger partial charge in [-0.25, -0.2) is 18.1 Å². The van der Waals surface area contributed by atoms with Crippen LogP contribution >= 0.6 is 11.3 Å². The third kappa shape index (κ3) is 4.15. The van der Waals surface area contributed by atoms with Gasteiger partial charge >= 0.3 is 0 Å². The Bertz CT molecular complexity index is 1140. The van der Waals surface area contributed by atoms with E-state index >= 15 is 0 Å². The first-order valence-corrected chi connectivity index (χ1v) is 11.9. The van der Waals surface area contributed by atoms with Crippen LogP contribution < -0.4 is 0 Å². The van der Waals surface area contributed by atoms with Crippen LogP contribution in [0.5, 0.6) is 0 Å². The first kappa shape index (κ1) is 19.5. The highest BCUT2D eigenvalue weighted by atomic mass is 32.2. The Kier molecular flexibility index (Phi) is 5.33. The molecule has 2 aromatic heterocycles. The lowest BCUT2D eigenvalue weighted by Crippen LogP contribution is -2.41. The fraction of sp³-hybridized carbons (Fsp3) is 0.250. The molecule has 0 aliphatic carbocycles. The van der Waals surface area contributed by atoms with Crippen LogP contribution in [0, 0.1) is 0 Å². The van der Waals surface area contributed by atoms with Crippen molar-refractivity contribution in [2.45, 2.75) is 12.5 Å². The van der Waals surface area contributed by atoms with E-state index in [9.17, 15) is 13.2 Å². The van der Waals surface area contributed by atoms with E-state index in [-0.39, 0.29) is 30.0 Å². The molecule has 1 aliphatic heterocycles. The second-order valence-electron chi connectivity index (χ2n) is 6.85. The Morgan fingerprint density at radius 3 is 2.83 bits per heavy atom. The van der Waals surface area contributed by atoms with Crippen LogP contribution in [-0.4, -0.2) is 58.1 Å². The monoisotopic (exact) mass is 428 g/mol. The highest BCUT2D eigenvalue weighted by molar-refractivity contribution is 7.91. The van der Waals surface area contributed by atoms with Crippen molar-refractivity contribution in [2.24, 2.45) is 0 Å². The van der Waals surface area contributed by atoms with E-state index in [1.807, 2.05) is 36.5 Å². The van der Waals surface area contributed by atoms with Gasteiger partial charge in [0.05, 0.1) is 23.4 Å². The Labute approximate surface area is 173 Å². The Hall–Kier alpha value is -2.78. The lowest BCUT2D eigenvalue weighted by Gasteiger charge is -2.26. The first-order valence-electron chi connectivity index (χ1n) is 9.15. The molecule has 1 unspecified atom stereocenters. The summed E-state index contributed by atoms with van der Waals surface area (Å²) in [7, 11) is -3.09. The van der Waals surface area contributed by atoms with E-state index in [0.717, 1.165) is 11.3 Å². The molecule has 3 aromatic rings. The van der Waals surface area contributed by atoms with Crippen molar-refractivity contribution in [2.75, 3.05) is 18.1 Å². The minimum absolute atomic E-state index is 0.00653. The molecule has 1 atom stereocenters. The molecule has 150 valence electrons. The number of amides is 1. The Balaban J connectivity index is 1.56. The van der Waals surface area contributed by atoms with E-state index in [1.165, 1.54) is 11.3 Å². The summed E-state index contributed by atoms with van der Waals surface area (Å²) in [6.45, 7) is 3.99. The molecule has 1 aromatic carbocycles. The normalized spacial score (nSPS) is 17.9. The van der Waals surface area contributed by atoms with Gasteiger partial charge in [0, 0.05) is 29.7 Å². The third-order valence-corrected chi connectivity index (χ3v) is 7.45. The van der Waals surface area contributed by atoms with Crippen molar-refractivity contribution in [1.82, 2.24) is 19.7 Å². The minimum Gasteiger partial charge on any atom is -0.330 e. The zero-order valence-corrected chi connectivity index (χ0v) is 17.3. The van der Waals surface area contributed by atoms with E-state index in [0.29, 0.717) is 17.1 Å². The maximum Gasteiger partial charge on any atom is 0.273 e. The van der Waals surface area contributed by atoms with E-state index < -0.39 is 9.84 Å². The Morgan fingerprint density at radius 2 is 2.14 bits per heavy atom. The number of benzene rings is 1. The standard InChI is InChI=1S/C20H20N4O3S2/c1-2-9-23(17-8-10-29(26,27)14-17)20(25)18-13-28-19(22-18)15-11-21-24(12-15)16-6-4-3-5-7-16/h2-7,11-13,17H,1,8-10,14H2. The molecule has 29 heavy (non-hydrogen) atoms. The SMILES string of the molecule is C=CCN(C(=O)c1csc(-c2cnn(-c3ccccc3)c2)n1)C1CCS(=O)(=O)C1. The maximum atomic E-state index is 13.0. The molecular formula is C20H20N4O3S2. The number of thiazole rings is 1. The average Bonchev–Trinajstić information content (AvgIpc) is 3.45. The van der Waals surface area contributed by atoms with Gasteiger partial charge in [0.15, 0.2) is 9.84 Å². The fourth-order valence-corrected chi connectivity index (χ4v) is 5.86. The molecule has 0 saturated carbocycles. The smallest absolute Gasteiger partial charge is 0.273 e. The number of para-hydroxylation sites is 1. The molecule has 0 N–H and O–H groups in total. The highest BCUT2D eigenvalue weighted by Crippen LogP contribution is 2.26. The van der Waals surface area contributed by atoms with E-state index in [2.05, 4.69) is 16.7 Å². The highest BCUT2D eigenvalue weighted by Gasteiger charge is 2.35. The molecule has 3 heterocycles. The predicted octanol–water partition coefficient (Wildman–Crippen LogP) is 2.81. The van der Waals surface area contributed by atoms with Crippen molar-refractivity contribution in [3.05, 3.63) is 66.5 Å². The number of hydrogen-bond donors (Lipinski definition) is 0. The fourth-order valence-electron chi connectivity index (χ4n) is 3.36. The minimum atomic E-state index is -3.09. The molecule has 0 radical (unpaired) electrons. The lowest BCUT2D eigenvalue weighted by atomic mass is 10.2. The zero-order valence-electron chi connectivity index (χ0n) is 15.6. The number of carbonyl (C=O) groups excluding carboxylic acids is 1. The third-order valence-electron chi connectivity index (χ3n) is 4.81. The van der Waals surface area contributed by atoms with Crippen molar-refractivity contribution in [1.29, 1.82) is 0 Å². The van der Waals surface area contributed by atoms with Crippen molar-refractivity contribution >= 4 is 27.1 Å². The molecule has 1 amide bonds.